The normalized spacial score (nSPS) is 18.1. The summed E-state index contributed by atoms with van der Waals surface area (Å²) in [5.41, 5.74) is 0. The van der Waals surface area contributed by atoms with Crippen molar-refractivity contribution in [3.05, 3.63) is 0 Å². The second-order valence-electron chi connectivity index (χ2n) is 5.29. The van der Waals surface area contributed by atoms with Crippen LogP contribution >= 0.6 is 0 Å². The minimum atomic E-state index is 0.334. The van der Waals surface area contributed by atoms with Gasteiger partial charge in [-0.15, -0.1) is 0 Å². The van der Waals surface area contributed by atoms with Crippen LogP contribution in [-0.2, 0) is 4.79 Å². The average Bonchev–Trinajstić information content (AvgIpc) is 2.36. The Morgan fingerprint density at radius 3 is 2.65 bits per heavy atom. The second-order valence-corrected chi connectivity index (χ2v) is 5.29. The van der Waals surface area contributed by atoms with Crippen molar-refractivity contribution in [3.8, 4) is 0 Å². The Kier molecular flexibility index (Phi) is 7.25. The number of likely N-dealkylation sites (tertiary alicyclic amines) is 1. The third-order valence-corrected chi connectivity index (χ3v) is 3.50. The van der Waals surface area contributed by atoms with Crippen LogP contribution in [0.25, 0.3) is 0 Å². The summed E-state index contributed by atoms with van der Waals surface area (Å²) in [5.74, 6) is 1.06. The van der Waals surface area contributed by atoms with Crippen molar-refractivity contribution < 1.29 is 4.79 Å². The van der Waals surface area contributed by atoms with Crippen LogP contribution in [0.5, 0.6) is 0 Å². The highest BCUT2D eigenvalue weighted by atomic mass is 16.2. The lowest BCUT2D eigenvalue weighted by molar-refractivity contribution is -0.131. The Morgan fingerprint density at radius 2 is 2.00 bits per heavy atom. The number of carbonyl (C=O) groups excluding carboxylic acids is 1. The number of piperidine rings is 1. The molecule has 1 saturated heterocycles. The van der Waals surface area contributed by atoms with E-state index in [4.69, 9.17) is 0 Å². The quantitative estimate of drug-likeness (QED) is 0.693. The van der Waals surface area contributed by atoms with E-state index in [2.05, 4.69) is 19.2 Å². The minimum absolute atomic E-state index is 0.334. The van der Waals surface area contributed by atoms with Gasteiger partial charge < -0.3 is 10.2 Å². The second kappa shape index (κ2) is 8.51. The summed E-state index contributed by atoms with van der Waals surface area (Å²) in [7, 11) is 0. The molecule has 1 amide bonds. The minimum Gasteiger partial charge on any atom is -0.343 e. The van der Waals surface area contributed by atoms with Crippen LogP contribution in [0.2, 0.25) is 0 Å². The van der Waals surface area contributed by atoms with Crippen LogP contribution in [0.3, 0.4) is 0 Å². The predicted molar refractivity (Wildman–Crippen MR) is 72.0 cm³/mol. The van der Waals surface area contributed by atoms with Crippen molar-refractivity contribution in [2.24, 2.45) is 5.92 Å². The first kappa shape index (κ1) is 14.5. The summed E-state index contributed by atoms with van der Waals surface area (Å²) in [6, 6.07) is 0. The molecule has 1 unspecified atom stereocenters. The van der Waals surface area contributed by atoms with Crippen LogP contribution in [0, 0.1) is 5.92 Å². The first-order chi connectivity index (χ1) is 8.24. The molecule has 0 aromatic rings. The Balaban J connectivity index is 2.03. The number of rotatable bonds is 7. The van der Waals surface area contributed by atoms with Crippen LogP contribution in [-0.4, -0.2) is 37.0 Å². The summed E-state index contributed by atoms with van der Waals surface area (Å²) in [5, 5.41) is 3.39. The summed E-state index contributed by atoms with van der Waals surface area (Å²) in [4.78, 5) is 13.9. The topological polar surface area (TPSA) is 32.3 Å². The predicted octanol–water partition coefficient (Wildman–Crippen LogP) is 2.41. The fourth-order valence-corrected chi connectivity index (χ4v) is 2.44. The van der Waals surface area contributed by atoms with E-state index in [1.807, 2.05) is 4.90 Å². The van der Waals surface area contributed by atoms with Gasteiger partial charge >= 0.3 is 0 Å². The van der Waals surface area contributed by atoms with Gasteiger partial charge in [-0.25, -0.2) is 0 Å². The number of hydrogen-bond donors (Lipinski definition) is 1. The summed E-state index contributed by atoms with van der Waals surface area (Å²) >= 11 is 0. The van der Waals surface area contributed by atoms with E-state index < -0.39 is 0 Å². The van der Waals surface area contributed by atoms with Crippen LogP contribution in [0.4, 0.5) is 0 Å². The maximum atomic E-state index is 11.9. The van der Waals surface area contributed by atoms with Crippen molar-refractivity contribution >= 4 is 5.91 Å². The molecular formula is C14H28N2O. The number of nitrogens with zero attached hydrogens (tertiary/aromatic N) is 1. The molecule has 17 heavy (non-hydrogen) atoms. The zero-order valence-corrected chi connectivity index (χ0v) is 11.5. The van der Waals surface area contributed by atoms with Crippen molar-refractivity contribution in [1.82, 2.24) is 10.2 Å². The molecule has 1 aliphatic heterocycles. The SMILES string of the molecule is CCCC(C)CNCCC(=O)N1CCCCC1. The molecule has 3 heteroatoms. The molecule has 3 nitrogen and oxygen atoms in total. The Bertz CT molecular complexity index is 212. The number of nitrogens with one attached hydrogen (secondary N) is 1. The molecule has 100 valence electrons. The molecule has 1 fully saturated rings. The number of carbonyl (C=O) groups is 1. The lowest BCUT2D eigenvalue weighted by atomic mass is 10.1. The maximum absolute atomic E-state index is 11.9. The van der Waals surface area contributed by atoms with Gasteiger partial charge in [0.15, 0.2) is 0 Å². The van der Waals surface area contributed by atoms with E-state index in [1.54, 1.807) is 0 Å². The van der Waals surface area contributed by atoms with Gasteiger partial charge in [0.2, 0.25) is 5.91 Å². The monoisotopic (exact) mass is 240 g/mol. The fourth-order valence-electron chi connectivity index (χ4n) is 2.44. The molecule has 1 aliphatic rings. The van der Waals surface area contributed by atoms with Gasteiger partial charge in [-0.2, -0.15) is 0 Å². The van der Waals surface area contributed by atoms with Gasteiger partial charge in [-0.05, 0) is 38.1 Å². The highest BCUT2D eigenvalue weighted by molar-refractivity contribution is 5.76. The Morgan fingerprint density at radius 1 is 1.29 bits per heavy atom. The largest absolute Gasteiger partial charge is 0.343 e. The van der Waals surface area contributed by atoms with Crippen LogP contribution in [0.1, 0.15) is 52.4 Å². The average molecular weight is 240 g/mol. The van der Waals surface area contributed by atoms with Gasteiger partial charge in [-0.3, -0.25) is 4.79 Å². The first-order valence-corrected chi connectivity index (χ1v) is 7.22. The summed E-state index contributed by atoms with van der Waals surface area (Å²) < 4.78 is 0. The molecule has 1 rings (SSSR count). The summed E-state index contributed by atoms with van der Waals surface area (Å²) in [6.45, 7) is 8.32. The molecule has 0 aromatic heterocycles. The zero-order valence-electron chi connectivity index (χ0n) is 11.5. The van der Waals surface area contributed by atoms with Gasteiger partial charge in [0.05, 0.1) is 0 Å². The standard InChI is InChI=1S/C14H28N2O/c1-3-7-13(2)12-15-9-8-14(17)16-10-5-4-6-11-16/h13,15H,3-12H2,1-2H3. The molecule has 0 spiro atoms. The van der Waals surface area contributed by atoms with E-state index in [0.717, 1.165) is 32.1 Å². The third kappa shape index (κ3) is 6.06. The maximum Gasteiger partial charge on any atom is 0.223 e. The molecule has 0 radical (unpaired) electrons. The highest BCUT2D eigenvalue weighted by Crippen LogP contribution is 2.09. The molecule has 0 bridgehead atoms. The van der Waals surface area contributed by atoms with Gasteiger partial charge in [-0.1, -0.05) is 20.3 Å². The molecule has 0 aliphatic carbocycles. The van der Waals surface area contributed by atoms with Gasteiger partial charge in [0.1, 0.15) is 0 Å². The Hall–Kier alpha value is -0.570. The van der Waals surface area contributed by atoms with E-state index in [1.165, 1.54) is 32.1 Å². The third-order valence-electron chi connectivity index (χ3n) is 3.50. The Labute approximate surface area is 106 Å². The van der Waals surface area contributed by atoms with Crippen molar-refractivity contribution in [2.45, 2.75) is 52.4 Å². The number of amides is 1. The fraction of sp³-hybridized carbons (Fsp3) is 0.929. The van der Waals surface area contributed by atoms with Crippen molar-refractivity contribution in [2.75, 3.05) is 26.2 Å². The molecular weight excluding hydrogens is 212 g/mol. The van der Waals surface area contributed by atoms with Gasteiger partial charge in [0, 0.05) is 26.1 Å². The van der Waals surface area contributed by atoms with Crippen molar-refractivity contribution in [3.63, 3.8) is 0 Å². The van der Waals surface area contributed by atoms with E-state index in [0.29, 0.717) is 12.3 Å². The highest BCUT2D eigenvalue weighted by Gasteiger charge is 2.15. The van der Waals surface area contributed by atoms with E-state index in [-0.39, 0.29) is 0 Å². The first-order valence-electron chi connectivity index (χ1n) is 7.22. The van der Waals surface area contributed by atoms with Crippen LogP contribution in [0.15, 0.2) is 0 Å². The summed E-state index contributed by atoms with van der Waals surface area (Å²) in [6.07, 6.45) is 6.84. The van der Waals surface area contributed by atoms with Crippen LogP contribution < -0.4 is 5.32 Å². The molecule has 1 atom stereocenters. The lowest BCUT2D eigenvalue weighted by Crippen LogP contribution is -2.37. The van der Waals surface area contributed by atoms with E-state index in [9.17, 15) is 4.79 Å². The van der Waals surface area contributed by atoms with E-state index >= 15 is 0 Å². The number of hydrogen-bond acceptors (Lipinski definition) is 2. The lowest BCUT2D eigenvalue weighted by Gasteiger charge is -2.26. The molecule has 0 aromatic carbocycles. The molecule has 1 heterocycles. The van der Waals surface area contributed by atoms with Gasteiger partial charge in [0.25, 0.3) is 0 Å². The molecule has 1 N–H and O–H groups in total. The molecule has 0 saturated carbocycles. The smallest absolute Gasteiger partial charge is 0.223 e. The zero-order chi connectivity index (χ0) is 12.5. The van der Waals surface area contributed by atoms with Crippen molar-refractivity contribution in [1.29, 1.82) is 0 Å².